The van der Waals surface area contributed by atoms with Gasteiger partial charge in [-0.3, -0.25) is 0 Å². The summed E-state index contributed by atoms with van der Waals surface area (Å²) in [6.45, 7) is 3.54. The van der Waals surface area contributed by atoms with Crippen molar-refractivity contribution >= 4 is 5.97 Å². The first-order valence-electron chi connectivity index (χ1n) is 5.62. The molecule has 2 aromatic rings. The molecule has 0 aliphatic carbocycles. The first-order valence-corrected chi connectivity index (χ1v) is 5.62. The Kier molecular flexibility index (Phi) is 3.14. The van der Waals surface area contributed by atoms with Gasteiger partial charge in [0.1, 0.15) is 11.4 Å². The zero-order chi connectivity index (χ0) is 13.3. The molecule has 0 aliphatic rings. The summed E-state index contributed by atoms with van der Waals surface area (Å²) in [5, 5.41) is 13.4. The molecular formula is C13H13FN2O2. The molecule has 5 heteroatoms. The van der Waals surface area contributed by atoms with Crippen molar-refractivity contribution in [3.8, 4) is 5.69 Å². The molecule has 0 aliphatic heterocycles. The average molecular weight is 248 g/mol. The van der Waals surface area contributed by atoms with Crippen LogP contribution in [0, 0.1) is 12.7 Å². The summed E-state index contributed by atoms with van der Waals surface area (Å²) in [5.74, 6) is -1.32. The molecule has 0 radical (unpaired) electrons. The third-order valence-electron chi connectivity index (χ3n) is 2.81. The fraction of sp³-hybridized carbons (Fsp3) is 0.231. The van der Waals surface area contributed by atoms with Crippen LogP contribution in [0.4, 0.5) is 4.39 Å². The minimum absolute atomic E-state index is 0.224. The fourth-order valence-electron chi connectivity index (χ4n) is 1.92. The summed E-state index contributed by atoms with van der Waals surface area (Å²) < 4.78 is 14.4. The number of rotatable bonds is 3. The minimum atomic E-state index is -0.988. The van der Waals surface area contributed by atoms with Crippen LogP contribution < -0.4 is 0 Å². The van der Waals surface area contributed by atoms with Crippen molar-refractivity contribution in [1.82, 2.24) is 9.78 Å². The first kappa shape index (κ1) is 12.3. The topological polar surface area (TPSA) is 55.1 Å². The summed E-state index contributed by atoms with van der Waals surface area (Å²) in [6, 6.07) is 5.78. The van der Waals surface area contributed by atoms with Gasteiger partial charge in [-0.25, -0.2) is 13.9 Å². The fourth-order valence-corrected chi connectivity index (χ4v) is 1.92. The monoisotopic (exact) mass is 248 g/mol. The van der Waals surface area contributed by atoms with Crippen molar-refractivity contribution in [1.29, 1.82) is 0 Å². The zero-order valence-electron chi connectivity index (χ0n) is 10.1. The molecule has 94 valence electrons. The van der Waals surface area contributed by atoms with Gasteiger partial charge in [0, 0.05) is 0 Å². The number of carboxylic acids is 1. The van der Waals surface area contributed by atoms with E-state index in [-0.39, 0.29) is 11.4 Å². The number of halogens is 1. The molecule has 1 aromatic heterocycles. The van der Waals surface area contributed by atoms with Gasteiger partial charge >= 0.3 is 5.97 Å². The third kappa shape index (κ3) is 1.99. The first-order chi connectivity index (χ1) is 8.54. The van der Waals surface area contributed by atoms with Gasteiger partial charge in [-0.2, -0.15) is 5.10 Å². The van der Waals surface area contributed by atoms with Crippen molar-refractivity contribution in [2.45, 2.75) is 20.3 Å². The van der Waals surface area contributed by atoms with E-state index in [4.69, 9.17) is 5.11 Å². The van der Waals surface area contributed by atoms with E-state index in [1.54, 1.807) is 19.1 Å². The van der Waals surface area contributed by atoms with E-state index in [1.165, 1.54) is 16.8 Å². The second-order valence-corrected chi connectivity index (χ2v) is 3.95. The van der Waals surface area contributed by atoms with E-state index in [9.17, 15) is 9.18 Å². The standard InChI is InChI=1S/C13H13FN2O2/c1-3-11-12(13(17)18)8(2)16(15-11)10-6-4-9(14)5-7-10/h4-7H,3H2,1-2H3,(H,17,18). The smallest absolute Gasteiger partial charge is 0.339 e. The van der Waals surface area contributed by atoms with Crippen molar-refractivity contribution < 1.29 is 14.3 Å². The Labute approximate surface area is 104 Å². The molecule has 0 unspecified atom stereocenters. The summed E-state index contributed by atoms with van der Waals surface area (Å²) in [5.41, 5.74) is 1.95. The molecular weight excluding hydrogens is 235 g/mol. The Balaban J connectivity index is 2.59. The number of hydrogen-bond acceptors (Lipinski definition) is 2. The lowest BCUT2D eigenvalue weighted by Crippen LogP contribution is -2.02. The summed E-state index contributed by atoms with van der Waals surface area (Å²) in [6.07, 6.45) is 0.538. The van der Waals surface area contributed by atoms with Crippen LogP contribution in [-0.4, -0.2) is 20.9 Å². The van der Waals surface area contributed by atoms with Gasteiger partial charge < -0.3 is 5.11 Å². The zero-order valence-corrected chi connectivity index (χ0v) is 10.1. The molecule has 0 saturated heterocycles. The average Bonchev–Trinajstić information content (AvgIpc) is 2.67. The number of benzene rings is 1. The maximum atomic E-state index is 12.9. The molecule has 18 heavy (non-hydrogen) atoms. The summed E-state index contributed by atoms with van der Waals surface area (Å²) in [4.78, 5) is 11.2. The van der Waals surface area contributed by atoms with Crippen molar-refractivity contribution in [2.24, 2.45) is 0 Å². The molecule has 0 fully saturated rings. The lowest BCUT2D eigenvalue weighted by atomic mass is 10.1. The van der Waals surface area contributed by atoms with Crippen LogP contribution in [0.15, 0.2) is 24.3 Å². The second-order valence-electron chi connectivity index (χ2n) is 3.95. The highest BCUT2D eigenvalue weighted by Crippen LogP contribution is 2.19. The normalized spacial score (nSPS) is 10.6. The van der Waals surface area contributed by atoms with Gasteiger partial charge in [-0.05, 0) is 37.6 Å². The lowest BCUT2D eigenvalue weighted by Gasteiger charge is -2.03. The molecule has 0 amide bonds. The van der Waals surface area contributed by atoms with E-state index < -0.39 is 5.97 Å². The molecule has 1 heterocycles. The largest absolute Gasteiger partial charge is 0.478 e. The predicted molar refractivity (Wildman–Crippen MR) is 64.6 cm³/mol. The highest BCUT2D eigenvalue weighted by Gasteiger charge is 2.19. The number of nitrogens with zero attached hydrogens (tertiary/aromatic N) is 2. The van der Waals surface area contributed by atoms with Gasteiger partial charge in [-0.15, -0.1) is 0 Å². The third-order valence-corrected chi connectivity index (χ3v) is 2.81. The van der Waals surface area contributed by atoms with Crippen molar-refractivity contribution in [3.05, 3.63) is 47.0 Å². The van der Waals surface area contributed by atoms with Crippen LogP contribution >= 0.6 is 0 Å². The minimum Gasteiger partial charge on any atom is -0.478 e. The molecule has 4 nitrogen and oxygen atoms in total. The maximum absolute atomic E-state index is 12.9. The number of hydrogen-bond donors (Lipinski definition) is 1. The van der Waals surface area contributed by atoms with Crippen LogP contribution in [0.3, 0.4) is 0 Å². The van der Waals surface area contributed by atoms with Crippen molar-refractivity contribution in [2.75, 3.05) is 0 Å². The molecule has 1 aromatic carbocycles. The van der Waals surface area contributed by atoms with Gasteiger partial charge in [0.15, 0.2) is 0 Å². The van der Waals surface area contributed by atoms with Gasteiger partial charge in [0.2, 0.25) is 0 Å². The number of carboxylic acid groups (broad SMARTS) is 1. The van der Waals surface area contributed by atoms with E-state index in [1.807, 2.05) is 6.92 Å². The molecule has 0 bridgehead atoms. The highest BCUT2D eigenvalue weighted by molar-refractivity contribution is 5.90. The van der Waals surface area contributed by atoms with Crippen molar-refractivity contribution in [3.63, 3.8) is 0 Å². The lowest BCUT2D eigenvalue weighted by molar-refractivity contribution is 0.0695. The number of aryl methyl sites for hydroxylation is 1. The van der Waals surface area contributed by atoms with E-state index in [0.29, 0.717) is 23.5 Å². The number of aromatic carboxylic acids is 1. The summed E-state index contributed by atoms with van der Waals surface area (Å²) >= 11 is 0. The highest BCUT2D eigenvalue weighted by atomic mass is 19.1. The number of aromatic nitrogens is 2. The quantitative estimate of drug-likeness (QED) is 0.908. The molecule has 1 N–H and O–H groups in total. The Morgan fingerprint density at radius 2 is 2.00 bits per heavy atom. The van der Waals surface area contributed by atoms with E-state index >= 15 is 0 Å². The molecule has 2 rings (SSSR count). The SMILES string of the molecule is CCc1nn(-c2ccc(F)cc2)c(C)c1C(=O)O. The van der Waals surface area contributed by atoms with E-state index in [0.717, 1.165) is 0 Å². The van der Waals surface area contributed by atoms with Crippen LogP contribution in [-0.2, 0) is 6.42 Å². The van der Waals surface area contributed by atoms with Gasteiger partial charge in [-0.1, -0.05) is 6.92 Å². The van der Waals surface area contributed by atoms with Gasteiger partial charge in [0.05, 0.1) is 17.1 Å². The van der Waals surface area contributed by atoms with E-state index in [2.05, 4.69) is 5.10 Å². The Hall–Kier alpha value is -2.17. The Bertz CT molecular complexity index is 588. The summed E-state index contributed by atoms with van der Waals surface area (Å²) in [7, 11) is 0. The molecule has 0 atom stereocenters. The van der Waals surface area contributed by atoms with Crippen LogP contribution in [0.2, 0.25) is 0 Å². The van der Waals surface area contributed by atoms with Gasteiger partial charge in [0.25, 0.3) is 0 Å². The van der Waals surface area contributed by atoms with Crippen LogP contribution in [0.25, 0.3) is 5.69 Å². The molecule has 0 spiro atoms. The molecule has 0 saturated carbocycles. The Morgan fingerprint density at radius 3 is 2.44 bits per heavy atom. The van der Waals surface area contributed by atoms with Crippen LogP contribution in [0.5, 0.6) is 0 Å². The predicted octanol–water partition coefficient (Wildman–Crippen LogP) is 2.58. The van der Waals surface area contributed by atoms with Crippen LogP contribution in [0.1, 0.15) is 28.7 Å². The second kappa shape index (κ2) is 4.60. The number of carbonyl (C=O) groups is 1. The maximum Gasteiger partial charge on any atom is 0.339 e. The Morgan fingerprint density at radius 1 is 1.39 bits per heavy atom.